The maximum Gasteiger partial charge on any atom is 0.150 e. The number of aromatic nitrogens is 3. The zero-order chi connectivity index (χ0) is 25.0. The smallest absolute Gasteiger partial charge is 0.150 e. The van der Waals surface area contributed by atoms with E-state index in [1.807, 2.05) is 42.6 Å². The normalized spacial score (nSPS) is 17.0. The third kappa shape index (κ3) is 5.06. The highest BCUT2D eigenvalue weighted by molar-refractivity contribution is 5.85. The molecule has 2 aromatic heterocycles. The van der Waals surface area contributed by atoms with Crippen LogP contribution in [-0.4, -0.2) is 20.9 Å². The van der Waals surface area contributed by atoms with Gasteiger partial charge in [-0.2, -0.15) is 0 Å². The van der Waals surface area contributed by atoms with Crippen molar-refractivity contribution < 1.29 is 4.74 Å². The summed E-state index contributed by atoms with van der Waals surface area (Å²) >= 11 is 0. The number of nitrogens with two attached hydrogens (primary N) is 1. The van der Waals surface area contributed by atoms with Crippen LogP contribution in [0.1, 0.15) is 35.7 Å². The molecule has 0 unspecified atom stereocenters. The highest BCUT2D eigenvalue weighted by Crippen LogP contribution is 2.43. The summed E-state index contributed by atoms with van der Waals surface area (Å²) in [5.74, 6) is 3.42. The highest BCUT2D eigenvalue weighted by atomic mass is 16.5. The topological polar surface area (TPSA) is 77.5 Å². The lowest BCUT2D eigenvalue weighted by Crippen LogP contribution is -2.32. The third-order valence-electron chi connectivity index (χ3n) is 7.17. The molecule has 1 fully saturated rings. The molecular weight excluding hydrogens is 458 g/mol. The van der Waals surface area contributed by atoms with Gasteiger partial charge in [-0.05, 0) is 48.6 Å². The standard InChI is InChI=1S/C31H31N5O/c32-30-29-28(25-12-7-13-27(18-25)37-21-23-10-5-2-6-11-23)35-31(36(29)15-14-34-30)26-16-24(17-26)20-33-19-22-8-3-1-4-9-22/h1-15,18,24,26,33H,16-17,19-21H2,(H2,32,34). The average molecular weight is 490 g/mol. The molecule has 3 aromatic carbocycles. The lowest BCUT2D eigenvalue weighted by atomic mass is 9.74. The summed E-state index contributed by atoms with van der Waals surface area (Å²) in [6.07, 6.45) is 5.97. The second-order valence-corrected chi connectivity index (χ2v) is 9.80. The van der Waals surface area contributed by atoms with Gasteiger partial charge in [-0.15, -0.1) is 0 Å². The van der Waals surface area contributed by atoms with Crippen LogP contribution >= 0.6 is 0 Å². The number of nitrogens with zero attached hydrogens (tertiary/aromatic N) is 3. The quantitative estimate of drug-likeness (QED) is 0.272. The Kier molecular flexibility index (Phi) is 6.57. The summed E-state index contributed by atoms with van der Waals surface area (Å²) in [6, 6.07) is 28.8. The van der Waals surface area contributed by atoms with E-state index in [4.69, 9.17) is 15.5 Å². The largest absolute Gasteiger partial charge is 0.489 e. The van der Waals surface area contributed by atoms with Crippen LogP contribution in [0.25, 0.3) is 16.8 Å². The fraction of sp³-hybridized carbons (Fsp3) is 0.226. The van der Waals surface area contributed by atoms with E-state index < -0.39 is 0 Å². The van der Waals surface area contributed by atoms with Crippen LogP contribution in [0.5, 0.6) is 5.75 Å². The van der Waals surface area contributed by atoms with Crippen molar-refractivity contribution in [2.24, 2.45) is 5.92 Å². The van der Waals surface area contributed by atoms with Crippen molar-refractivity contribution in [1.29, 1.82) is 0 Å². The molecule has 0 amide bonds. The molecule has 37 heavy (non-hydrogen) atoms. The molecule has 6 heteroatoms. The van der Waals surface area contributed by atoms with Crippen molar-refractivity contribution >= 4 is 11.3 Å². The fourth-order valence-corrected chi connectivity index (χ4v) is 5.18. The van der Waals surface area contributed by atoms with Gasteiger partial charge in [0, 0.05) is 30.4 Å². The summed E-state index contributed by atoms with van der Waals surface area (Å²) < 4.78 is 8.21. The third-order valence-corrected chi connectivity index (χ3v) is 7.17. The molecule has 6 rings (SSSR count). The van der Waals surface area contributed by atoms with Crippen molar-refractivity contribution in [3.8, 4) is 17.0 Å². The summed E-state index contributed by atoms with van der Waals surface area (Å²) in [5, 5.41) is 3.61. The van der Waals surface area contributed by atoms with Gasteiger partial charge in [-0.25, -0.2) is 9.97 Å². The van der Waals surface area contributed by atoms with Gasteiger partial charge in [0.1, 0.15) is 35.2 Å². The Morgan fingerprint density at radius 1 is 0.919 bits per heavy atom. The van der Waals surface area contributed by atoms with E-state index in [1.165, 1.54) is 5.56 Å². The summed E-state index contributed by atoms with van der Waals surface area (Å²) in [4.78, 5) is 9.50. The first-order valence-corrected chi connectivity index (χ1v) is 12.9. The number of nitrogens with one attached hydrogen (secondary N) is 1. The van der Waals surface area contributed by atoms with Crippen molar-refractivity contribution in [3.63, 3.8) is 0 Å². The van der Waals surface area contributed by atoms with E-state index in [-0.39, 0.29) is 0 Å². The molecule has 0 aliphatic heterocycles. The first-order valence-electron chi connectivity index (χ1n) is 12.9. The SMILES string of the molecule is Nc1nccn2c(C3CC(CNCc4ccccc4)C3)nc(-c3cccc(OCc4ccccc4)c3)c12. The Hall–Kier alpha value is -4.16. The minimum Gasteiger partial charge on any atom is -0.489 e. The lowest BCUT2D eigenvalue weighted by molar-refractivity contribution is 0.245. The van der Waals surface area contributed by atoms with Crippen molar-refractivity contribution in [1.82, 2.24) is 19.7 Å². The van der Waals surface area contributed by atoms with Crippen LogP contribution in [0, 0.1) is 5.92 Å². The molecule has 6 nitrogen and oxygen atoms in total. The van der Waals surface area contributed by atoms with E-state index in [1.54, 1.807) is 6.20 Å². The van der Waals surface area contributed by atoms with E-state index >= 15 is 0 Å². The van der Waals surface area contributed by atoms with Crippen molar-refractivity contribution in [2.75, 3.05) is 12.3 Å². The first kappa shape index (κ1) is 23.3. The summed E-state index contributed by atoms with van der Waals surface area (Å²) in [7, 11) is 0. The molecule has 2 heterocycles. The van der Waals surface area contributed by atoms with Crippen LogP contribution in [0.3, 0.4) is 0 Å². The monoisotopic (exact) mass is 489 g/mol. The molecule has 1 aliphatic carbocycles. The van der Waals surface area contributed by atoms with Gasteiger partial charge in [0.2, 0.25) is 0 Å². The maximum atomic E-state index is 6.38. The van der Waals surface area contributed by atoms with Crippen LogP contribution < -0.4 is 15.8 Å². The Labute approximate surface area is 217 Å². The number of rotatable bonds is 9. The van der Waals surface area contributed by atoms with Gasteiger partial charge in [0.15, 0.2) is 0 Å². The van der Waals surface area contributed by atoms with Gasteiger partial charge in [-0.3, -0.25) is 4.40 Å². The first-order chi connectivity index (χ1) is 18.2. The molecule has 0 radical (unpaired) electrons. The predicted molar refractivity (Wildman–Crippen MR) is 147 cm³/mol. The molecule has 0 spiro atoms. The molecule has 0 atom stereocenters. The molecule has 0 saturated heterocycles. The maximum absolute atomic E-state index is 6.38. The Balaban J connectivity index is 1.18. The highest BCUT2D eigenvalue weighted by Gasteiger charge is 2.34. The van der Waals surface area contributed by atoms with Crippen molar-refractivity contribution in [2.45, 2.75) is 31.9 Å². The zero-order valence-electron chi connectivity index (χ0n) is 20.8. The van der Waals surface area contributed by atoms with Crippen LogP contribution in [0.2, 0.25) is 0 Å². The van der Waals surface area contributed by atoms with Gasteiger partial charge in [0.25, 0.3) is 0 Å². The lowest BCUT2D eigenvalue weighted by Gasteiger charge is -2.34. The number of anilines is 1. The summed E-state index contributed by atoms with van der Waals surface area (Å²) in [6.45, 7) is 2.44. The number of hydrogen-bond acceptors (Lipinski definition) is 5. The molecular formula is C31H31N5O. The Bertz CT molecular complexity index is 1480. The van der Waals surface area contributed by atoms with Gasteiger partial charge in [-0.1, -0.05) is 72.8 Å². The van der Waals surface area contributed by atoms with Gasteiger partial charge < -0.3 is 15.8 Å². The molecule has 1 aliphatic rings. The van der Waals surface area contributed by atoms with Gasteiger partial charge >= 0.3 is 0 Å². The number of nitrogen functional groups attached to an aromatic ring is 1. The van der Waals surface area contributed by atoms with E-state index in [0.29, 0.717) is 24.3 Å². The average Bonchev–Trinajstić information content (AvgIpc) is 3.31. The van der Waals surface area contributed by atoms with Gasteiger partial charge in [0.05, 0.1) is 0 Å². The fourth-order valence-electron chi connectivity index (χ4n) is 5.18. The molecule has 3 N–H and O–H groups in total. The predicted octanol–water partition coefficient (Wildman–Crippen LogP) is 5.84. The molecule has 1 saturated carbocycles. The van der Waals surface area contributed by atoms with E-state index in [0.717, 1.165) is 59.8 Å². The minimum atomic E-state index is 0.407. The zero-order valence-corrected chi connectivity index (χ0v) is 20.8. The van der Waals surface area contributed by atoms with E-state index in [2.05, 4.69) is 63.2 Å². The Morgan fingerprint density at radius 3 is 2.46 bits per heavy atom. The van der Waals surface area contributed by atoms with Crippen LogP contribution in [0.15, 0.2) is 97.3 Å². The Morgan fingerprint density at radius 2 is 1.68 bits per heavy atom. The van der Waals surface area contributed by atoms with E-state index in [9.17, 15) is 0 Å². The van der Waals surface area contributed by atoms with Crippen molar-refractivity contribution in [3.05, 3.63) is 114 Å². The molecule has 0 bridgehead atoms. The number of benzene rings is 3. The number of fused-ring (bicyclic) bond motifs is 1. The number of hydrogen-bond donors (Lipinski definition) is 2. The molecule has 5 aromatic rings. The van der Waals surface area contributed by atoms with Crippen LogP contribution in [-0.2, 0) is 13.2 Å². The number of imidazole rings is 1. The summed E-state index contributed by atoms with van der Waals surface area (Å²) in [5.41, 5.74) is 11.5. The minimum absolute atomic E-state index is 0.407. The second-order valence-electron chi connectivity index (χ2n) is 9.80. The molecule has 186 valence electrons. The second kappa shape index (κ2) is 10.4. The number of ether oxygens (including phenoxy) is 1. The van der Waals surface area contributed by atoms with Crippen LogP contribution in [0.4, 0.5) is 5.82 Å².